The molecule has 1 atom stereocenters. The summed E-state index contributed by atoms with van der Waals surface area (Å²) >= 11 is 5.22. The summed E-state index contributed by atoms with van der Waals surface area (Å²) in [5.74, 6) is -0.138. The van der Waals surface area contributed by atoms with Crippen molar-refractivity contribution in [2.75, 3.05) is 5.32 Å². The number of hydrogen-bond acceptors (Lipinski definition) is 3. The van der Waals surface area contributed by atoms with Gasteiger partial charge >= 0.3 is 0 Å². The van der Waals surface area contributed by atoms with Crippen LogP contribution in [0.1, 0.15) is 24.1 Å². The van der Waals surface area contributed by atoms with Crippen molar-refractivity contribution in [2.24, 2.45) is 0 Å². The van der Waals surface area contributed by atoms with Gasteiger partial charge in [-0.05, 0) is 43.8 Å². The second kappa shape index (κ2) is 6.94. The Labute approximate surface area is 151 Å². The van der Waals surface area contributed by atoms with Gasteiger partial charge in [0.1, 0.15) is 5.75 Å². The first-order valence-electron chi connectivity index (χ1n) is 7.90. The Morgan fingerprint density at radius 1 is 1.12 bits per heavy atom. The average Bonchev–Trinajstić information content (AvgIpc) is 2.56. The molecule has 1 heterocycles. The number of phenols is 1. The SMILES string of the molecule is CC1=C(C(=O)Nc2ccccc2C)[C@@H](c2ccccc2O)NC(=S)N1. The standard InChI is InChI=1S/C19H19N3O2S/c1-11-7-3-5-9-14(11)21-18(24)16-12(2)20-19(25)22-17(16)13-8-4-6-10-15(13)23/h3-10,17,23H,1-2H3,(H,21,24)(H2,20,22,25)/t17-/m1/s1. The van der Waals surface area contributed by atoms with Gasteiger partial charge in [0.25, 0.3) is 5.91 Å². The Morgan fingerprint density at radius 3 is 2.52 bits per heavy atom. The fourth-order valence-corrected chi connectivity index (χ4v) is 3.13. The molecule has 0 bridgehead atoms. The van der Waals surface area contributed by atoms with Crippen molar-refractivity contribution in [3.8, 4) is 5.75 Å². The number of allylic oxidation sites excluding steroid dienone is 1. The van der Waals surface area contributed by atoms with Crippen LogP contribution in [0.4, 0.5) is 5.69 Å². The lowest BCUT2D eigenvalue weighted by Crippen LogP contribution is -2.45. The van der Waals surface area contributed by atoms with Gasteiger partial charge in [0.05, 0.1) is 11.6 Å². The number of thiocarbonyl (C=S) groups is 1. The summed E-state index contributed by atoms with van der Waals surface area (Å²) < 4.78 is 0. The lowest BCUT2D eigenvalue weighted by atomic mass is 9.94. The molecule has 0 saturated heterocycles. The summed E-state index contributed by atoms with van der Waals surface area (Å²) in [4.78, 5) is 13.0. The van der Waals surface area contributed by atoms with Crippen LogP contribution in [0.15, 0.2) is 59.8 Å². The number of amides is 1. The van der Waals surface area contributed by atoms with E-state index in [0.29, 0.717) is 21.9 Å². The molecule has 5 nitrogen and oxygen atoms in total. The third-order valence-electron chi connectivity index (χ3n) is 4.15. The molecule has 6 heteroatoms. The number of aryl methyl sites for hydroxylation is 1. The maximum Gasteiger partial charge on any atom is 0.255 e. The average molecular weight is 353 g/mol. The highest BCUT2D eigenvalue weighted by atomic mass is 32.1. The van der Waals surface area contributed by atoms with Gasteiger partial charge in [-0.25, -0.2) is 0 Å². The van der Waals surface area contributed by atoms with Crippen molar-refractivity contribution in [1.29, 1.82) is 0 Å². The Kier molecular flexibility index (Phi) is 4.72. The van der Waals surface area contributed by atoms with Crippen molar-refractivity contribution in [3.05, 3.63) is 70.9 Å². The Morgan fingerprint density at radius 2 is 1.80 bits per heavy atom. The molecule has 0 spiro atoms. The minimum absolute atomic E-state index is 0.110. The van der Waals surface area contributed by atoms with Gasteiger partial charge in [0.2, 0.25) is 0 Å². The molecule has 1 aliphatic rings. The predicted octanol–water partition coefficient (Wildman–Crippen LogP) is 3.13. The van der Waals surface area contributed by atoms with E-state index >= 15 is 0 Å². The minimum atomic E-state index is -0.529. The van der Waals surface area contributed by atoms with Gasteiger partial charge in [-0.15, -0.1) is 0 Å². The Balaban J connectivity index is 1.99. The number of anilines is 1. The molecule has 128 valence electrons. The van der Waals surface area contributed by atoms with E-state index in [2.05, 4.69) is 16.0 Å². The number of aromatic hydroxyl groups is 1. The quantitative estimate of drug-likeness (QED) is 0.638. The van der Waals surface area contributed by atoms with E-state index in [0.717, 1.165) is 11.3 Å². The first-order chi connectivity index (χ1) is 12.0. The highest BCUT2D eigenvalue weighted by Crippen LogP contribution is 2.33. The van der Waals surface area contributed by atoms with Crippen molar-refractivity contribution < 1.29 is 9.90 Å². The molecule has 25 heavy (non-hydrogen) atoms. The zero-order valence-corrected chi connectivity index (χ0v) is 14.8. The molecule has 2 aromatic rings. The van der Waals surface area contributed by atoms with Crippen LogP contribution in [-0.2, 0) is 4.79 Å². The fraction of sp³-hybridized carbons (Fsp3) is 0.158. The molecule has 0 aromatic heterocycles. The second-order valence-electron chi connectivity index (χ2n) is 5.90. The van der Waals surface area contributed by atoms with E-state index in [4.69, 9.17) is 12.2 Å². The largest absolute Gasteiger partial charge is 0.508 e. The number of carbonyl (C=O) groups excluding carboxylic acids is 1. The first-order valence-corrected chi connectivity index (χ1v) is 8.31. The minimum Gasteiger partial charge on any atom is -0.508 e. The highest BCUT2D eigenvalue weighted by molar-refractivity contribution is 7.80. The first kappa shape index (κ1) is 17.0. The third-order valence-corrected chi connectivity index (χ3v) is 4.37. The van der Waals surface area contributed by atoms with E-state index in [-0.39, 0.29) is 11.7 Å². The van der Waals surface area contributed by atoms with Gasteiger partial charge in [-0.3, -0.25) is 4.79 Å². The van der Waals surface area contributed by atoms with Crippen molar-refractivity contribution in [3.63, 3.8) is 0 Å². The normalized spacial score (nSPS) is 16.9. The molecule has 0 aliphatic carbocycles. The second-order valence-corrected chi connectivity index (χ2v) is 6.31. The maximum atomic E-state index is 13.0. The predicted molar refractivity (Wildman–Crippen MR) is 102 cm³/mol. The van der Waals surface area contributed by atoms with Crippen molar-refractivity contribution >= 4 is 28.9 Å². The van der Waals surface area contributed by atoms with Gasteiger partial charge in [-0.2, -0.15) is 0 Å². The maximum absolute atomic E-state index is 13.0. The van der Waals surface area contributed by atoms with E-state index < -0.39 is 6.04 Å². The number of benzene rings is 2. The molecule has 0 fully saturated rings. The number of para-hydroxylation sites is 2. The van der Waals surface area contributed by atoms with Crippen molar-refractivity contribution in [2.45, 2.75) is 19.9 Å². The van der Waals surface area contributed by atoms with Gasteiger partial charge in [0, 0.05) is 16.9 Å². The van der Waals surface area contributed by atoms with Gasteiger partial charge in [0.15, 0.2) is 5.11 Å². The van der Waals surface area contributed by atoms with Crippen LogP contribution in [-0.4, -0.2) is 16.1 Å². The summed E-state index contributed by atoms with van der Waals surface area (Å²) in [6.07, 6.45) is 0. The Hall–Kier alpha value is -2.86. The summed E-state index contributed by atoms with van der Waals surface area (Å²) in [5.41, 5.74) is 3.46. The number of hydrogen-bond donors (Lipinski definition) is 4. The molecule has 0 unspecified atom stereocenters. The molecular formula is C19H19N3O2S. The third kappa shape index (κ3) is 3.49. The summed E-state index contributed by atoms with van der Waals surface area (Å²) in [6.45, 7) is 3.73. The molecule has 0 radical (unpaired) electrons. The smallest absolute Gasteiger partial charge is 0.255 e. The van der Waals surface area contributed by atoms with E-state index in [1.54, 1.807) is 25.1 Å². The van der Waals surface area contributed by atoms with Crippen LogP contribution in [0.5, 0.6) is 5.75 Å². The van der Waals surface area contributed by atoms with Crippen LogP contribution >= 0.6 is 12.2 Å². The molecule has 4 N–H and O–H groups in total. The van der Waals surface area contributed by atoms with Crippen LogP contribution in [0.2, 0.25) is 0 Å². The molecular weight excluding hydrogens is 334 g/mol. The molecule has 1 aliphatic heterocycles. The van der Waals surface area contributed by atoms with Gasteiger partial charge < -0.3 is 21.1 Å². The van der Waals surface area contributed by atoms with Gasteiger partial charge in [-0.1, -0.05) is 36.4 Å². The molecule has 1 amide bonds. The number of phenolic OH excluding ortho intramolecular Hbond substituents is 1. The fourth-order valence-electron chi connectivity index (χ4n) is 2.86. The van der Waals surface area contributed by atoms with Crippen LogP contribution in [0, 0.1) is 6.92 Å². The van der Waals surface area contributed by atoms with Crippen LogP contribution in [0.25, 0.3) is 0 Å². The van der Waals surface area contributed by atoms with Crippen molar-refractivity contribution in [1.82, 2.24) is 10.6 Å². The van der Waals surface area contributed by atoms with E-state index in [1.165, 1.54) is 0 Å². The highest BCUT2D eigenvalue weighted by Gasteiger charge is 2.31. The van der Waals surface area contributed by atoms with Crippen LogP contribution in [0.3, 0.4) is 0 Å². The number of carbonyl (C=O) groups is 1. The lowest BCUT2D eigenvalue weighted by Gasteiger charge is -2.30. The zero-order valence-electron chi connectivity index (χ0n) is 14.0. The van der Waals surface area contributed by atoms with E-state index in [1.807, 2.05) is 37.3 Å². The summed E-state index contributed by atoms with van der Waals surface area (Å²) in [7, 11) is 0. The monoisotopic (exact) mass is 353 g/mol. The van der Waals surface area contributed by atoms with E-state index in [9.17, 15) is 9.90 Å². The number of nitrogens with one attached hydrogen (secondary N) is 3. The van der Waals surface area contributed by atoms with Crippen LogP contribution < -0.4 is 16.0 Å². The molecule has 0 saturated carbocycles. The molecule has 2 aromatic carbocycles. The molecule has 3 rings (SSSR count). The topological polar surface area (TPSA) is 73.4 Å². The Bertz CT molecular complexity index is 876. The lowest BCUT2D eigenvalue weighted by molar-refractivity contribution is -0.113. The zero-order chi connectivity index (χ0) is 18.0. The summed E-state index contributed by atoms with van der Waals surface area (Å²) in [6, 6.07) is 14.0. The summed E-state index contributed by atoms with van der Waals surface area (Å²) in [5, 5.41) is 19.6. The number of rotatable bonds is 3.